The first-order chi connectivity index (χ1) is 25.3. The molecule has 0 heterocycles. The summed E-state index contributed by atoms with van der Waals surface area (Å²) >= 11 is 6.09. The maximum absolute atomic E-state index is 14.2. The van der Waals surface area contributed by atoms with Crippen molar-refractivity contribution in [1.29, 1.82) is 0 Å². The summed E-state index contributed by atoms with van der Waals surface area (Å²) in [6.45, 7) is 19.4. The summed E-state index contributed by atoms with van der Waals surface area (Å²) in [5.74, 6) is -0.874. The summed E-state index contributed by atoms with van der Waals surface area (Å²) < 4.78 is 44.2. The lowest BCUT2D eigenvalue weighted by molar-refractivity contribution is -0.233. The fourth-order valence-electron chi connectivity index (χ4n) is 13.4. The van der Waals surface area contributed by atoms with Gasteiger partial charge in [-0.15, -0.1) is 0 Å². The second kappa shape index (κ2) is 14.2. The average molecular weight is 803 g/mol. The molecule has 0 saturated heterocycles. The Kier molecular flexibility index (Phi) is 11.0. The van der Waals surface area contributed by atoms with Gasteiger partial charge in [-0.25, -0.2) is 0 Å². The zero-order valence-corrected chi connectivity index (χ0v) is 36.0. The molecule has 9 nitrogen and oxygen atoms in total. The number of allylic oxidation sites excluding steroid dienone is 2. The van der Waals surface area contributed by atoms with E-state index in [1.54, 1.807) is 26.0 Å². The van der Waals surface area contributed by atoms with Crippen molar-refractivity contribution in [2.45, 2.75) is 144 Å². The first kappa shape index (κ1) is 42.3. The van der Waals surface area contributed by atoms with Gasteiger partial charge in [0.25, 0.3) is 10.1 Å². The third-order valence-corrected chi connectivity index (χ3v) is 18.0. The molecule has 9 atom stereocenters. The van der Waals surface area contributed by atoms with Crippen LogP contribution in [-0.2, 0) is 35.8 Å². The molecule has 5 aliphatic rings. The summed E-state index contributed by atoms with van der Waals surface area (Å²) in [6, 6.07) is 7.37. The molecule has 11 heteroatoms. The highest BCUT2D eigenvalue weighted by Crippen LogP contribution is 2.77. The van der Waals surface area contributed by atoms with Gasteiger partial charge in [-0.2, -0.15) is 8.42 Å². The number of benzene rings is 1. The molecule has 1 aromatic rings. The Morgan fingerprint density at radius 1 is 0.945 bits per heavy atom. The van der Waals surface area contributed by atoms with E-state index in [-0.39, 0.29) is 70.7 Å². The molecule has 3 N–H and O–H groups in total. The minimum atomic E-state index is -4.56. The number of carboxylic acids is 1. The quantitative estimate of drug-likeness (QED) is 0.147. The fourth-order valence-corrected chi connectivity index (χ4v) is 14.8. The lowest BCUT2D eigenvalue weighted by Gasteiger charge is -2.72. The van der Waals surface area contributed by atoms with E-state index in [4.69, 9.17) is 16.3 Å². The zero-order valence-electron chi connectivity index (χ0n) is 34.4. The van der Waals surface area contributed by atoms with Gasteiger partial charge in [0, 0.05) is 35.4 Å². The van der Waals surface area contributed by atoms with Crippen LogP contribution in [0.1, 0.15) is 132 Å². The standard InChI is InChI=1S/C44H64ClNO8S/c1-26(2)36-30(47)22-44(34(55(51,52)53)25-46-24-27-10-12-28(45)13-11-27)21-20-42(8)29(37(36)44)14-15-32-41(7)18-17-33(54-35(48)23-39(3,4)38(49)50)40(5,6)31(41)16-19-43(32,42)9/h10-13,26,29,31-34,46H,14-25H2,1-9H3,(H,49,50)(H,51,52,53)/t29-,31-,32-,33+,34+,41+,42-,43-,44+/m1/s1. The molecular formula is C44H64ClNO8S. The van der Waals surface area contributed by atoms with Crippen LogP contribution in [0.25, 0.3) is 0 Å². The van der Waals surface area contributed by atoms with Crippen LogP contribution in [0.15, 0.2) is 35.4 Å². The van der Waals surface area contributed by atoms with E-state index in [1.165, 1.54) is 0 Å². The van der Waals surface area contributed by atoms with Crippen molar-refractivity contribution in [1.82, 2.24) is 5.32 Å². The molecule has 0 unspecified atom stereocenters. The molecular weight excluding hydrogens is 738 g/mol. The van der Waals surface area contributed by atoms with Crippen LogP contribution in [0, 0.1) is 56.2 Å². The van der Waals surface area contributed by atoms with Crippen molar-refractivity contribution < 1.29 is 37.2 Å². The Hall–Kier alpha value is -2.27. The zero-order chi connectivity index (χ0) is 40.7. The molecule has 306 valence electrons. The van der Waals surface area contributed by atoms with Gasteiger partial charge in [-0.1, -0.05) is 77.8 Å². The third kappa shape index (κ3) is 6.84. The Morgan fingerprint density at radius 2 is 1.60 bits per heavy atom. The second-order valence-corrected chi connectivity index (χ2v) is 22.4. The van der Waals surface area contributed by atoms with Crippen LogP contribution in [0.3, 0.4) is 0 Å². The highest BCUT2D eigenvalue weighted by molar-refractivity contribution is 7.86. The number of esters is 1. The van der Waals surface area contributed by atoms with E-state index in [9.17, 15) is 32.5 Å². The molecule has 0 spiro atoms. The maximum atomic E-state index is 14.2. The van der Waals surface area contributed by atoms with Gasteiger partial charge in [0.2, 0.25) is 0 Å². The normalized spacial score (nSPS) is 36.4. The van der Waals surface area contributed by atoms with E-state index in [2.05, 4.69) is 39.9 Å². The van der Waals surface area contributed by atoms with Gasteiger partial charge < -0.3 is 15.2 Å². The largest absolute Gasteiger partial charge is 0.481 e. The van der Waals surface area contributed by atoms with Crippen molar-refractivity contribution in [2.24, 2.45) is 56.2 Å². The van der Waals surface area contributed by atoms with Gasteiger partial charge in [-0.05, 0) is 128 Å². The van der Waals surface area contributed by atoms with Gasteiger partial charge in [0.15, 0.2) is 5.78 Å². The number of hydrogen-bond donors (Lipinski definition) is 3. The van der Waals surface area contributed by atoms with E-state index in [0.717, 1.165) is 55.2 Å². The van der Waals surface area contributed by atoms with Crippen molar-refractivity contribution >= 4 is 39.4 Å². The minimum absolute atomic E-state index is 0.00917. The molecule has 0 aliphatic heterocycles. The fraction of sp³-hybridized carbons (Fsp3) is 0.750. The third-order valence-electron chi connectivity index (χ3n) is 16.4. The smallest absolute Gasteiger partial charge is 0.309 e. The molecule has 0 bridgehead atoms. The van der Waals surface area contributed by atoms with Crippen molar-refractivity contribution in [3.8, 4) is 0 Å². The molecule has 6 rings (SSSR count). The molecule has 55 heavy (non-hydrogen) atoms. The molecule has 5 aliphatic carbocycles. The lowest BCUT2D eigenvalue weighted by atomic mass is 9.33. The highest BCUT2D eigenvalue weighted by atomic mass is 35.5. The topological polar surface area (TPSA) is 147 Å². The number of ketones is 1. The van der Waals surface area contributed by atoms with Crippen LogP contribution in [0.5, 0.6) is 0 Å². The SMILES string of the molecule is CC(C)C1=C2[C@H]3CC[C@@H]4[C@@]5(C)CC[C@H](OC(=O)CC(C)(C)C(=O)O)C(C)(C)[C@H]5CC[C@@]4(C)[C@]3(C)CC[C@@]2([C@H](CNCc2ccc(Cl)cc2)S(=O)(=O)O)CC1=O. The summed E-state index contributed by atoms with van der Waals surface area (Å²) in [7, 11) is -4.56. The minimum Gasteiger partial charge on any atom is -0.481 e. The number of Topliss-reactive ketones (excluding diaryl/α,β-unsaturated/α-hetero) is 1. The second-order valence-electron chi connectivity index (χ2n) is 20.3. The molecule has 4 fully saturated rings. The van der Waals surface area contributed by atoms with Gasteiger partial charge in [0.1, 0.15) is 11.4 Å². The molecule has 0 amide bonds. The van der Waals surface area contributed by atoms with E-state index < -0.39 is 38.1 Å². The maximum Gasteiger partial charge on any atom is 0.309 e. The molecule has 1 aromatic carbocycles. The Bertz CT molecular complexity index is 1850. The number of hydrogen-bond acceptors (Lipinski definition) is 7. The van der Waals surface area contributed by atoms with Gasteiger partial charge in [-0.3, -0.25) is 18.9 Å². The summed E-state index contributed by atoms with van der Waals surface area (Å²) in [5.41, 5.74) is -0.111. The van der Waals surface area contributed by atoms with E-state index in [0.29, 0.717) is 30.3 Å². The predicted octanol–water partition coefficient (Wildman–Crippen LogP) is 9.08. The van der Waals surface area contributed by atoms with E-state index >= 15 is 0 Å². The number of carbonyl (C=O) groups excluding carboxylic acids is 2. The summed E-state index contributed by atoms with van der Waals surface area (Å²) in [6.07, 6.45) is 6.24. The number of fused-ring (bicyclic) bond motifs is 7. The molecule has 0 radical (unpaired) electrons. The van der Waals surface area contributed by atoms with E-state index in [1.807, 2.05) is 26.0 Å². The Balaban J connectivity index is 1.31. The van der Waals surface area contributed by atoms with Crippen molar-refractivity contribution in [2.75, 3.05) is 6.54 Å². The number of carboxylic acid groups (broad SMARTS) is 1. The first-order valence-electron chi connectivity index (χ1n) is 20.5. The number of carbonyl (C=O) groups is 3. The summed E-state index contributed by atoms with van der Waals surface area (Å²) in [4.78, 5) is 39.1. The number of halogens is 1. The Labute approximate surface area is 333 Å². The van der Waals surface area contributed by atoms with Crippen LogP contribution in [0.4, 0.5) is 0 Å². The van der Waals surface area contributed by atoms with Crippen LogP contribution >= 0.6 is 11.6 Å². The Morgan fingerprint density at radius 3 is 2.20 bits per heavy atom. The molecule has 4 saturated carbocycles. The van der Waals surface area contributed by atoms with Crippen LogP contribution in [0.2, 0.25) is 5.02 Å². The van der Waals surface area contributed by atoms with Gasteiger partial charge >= 0.3 is 11.9 Å². The first-order valence-corrected chi connectivity index (χ1v) is 22.4. The number of aliphatic carboxylic acids is 1. The van der Waals surface area contributed by atoms with Crippen LogP contribution in [-0.4, -0.2) is 53.7 Å². The highest BCUT2D eigenvalue weighted by Gasteiger charge is 2.71. The monoisotopic (exact) mass is 801 g/mol. The number of nitrogens with one attached hydrogen (secondary N) is 1. The lowest BCUT2D eigenvalue weighted by Crippen LogP contribution is -2.66. The number of ether oxygens (including phenoxy) is 1. The summed E-state index contributed by atoms with van der Waals surface area (Å²) in [5, 5.41) is 12.4. The van der Waals surface area contributed by atoms with Crippen LogP contribution < -0.4 is 5.32 Å². The number of rotatable bonds is 11. The molecule has 0 aromatic heterocycles. The van der Waals surface area contributed by atoms with Crippen molar-refractivity contribution in [3.63, 3.8) is 0 Å². The van der Waals surface area contributed by atoms with Gasteiger partial charge in [0.05, 0.1) is 11.8 Å². The predicted molar refractivity (Wildman–Crippen MR) is 214 cm³/mol. The average Bonchev–Trinajstić information content (AvgIpc) is 3.37. The van der Waals surface area contributed by atoms with Crippen molar-refractivity contribution in [3.05, 3.63) is 46.0 Å².